The van der Waals surface area contributed by atoms with Crippen LogP contribution in [0, 0.1) is 5.41 Å². The van der Waals surface area contributed by atoms with Crippen LogP contribution in [0.1, 0.15) is 156 Å². The number of ether oxygens (including phenoxy) is 1. The topological polar surface area (TPSA) is 29.5 Å². The van der Waals surface area contributed by atoms with Gasteiger partial charge in [0.25, 0.3) is 0 Å². The first kappa shape index (κ1) is 29.2. The molecule has 1 aliphatic heterocycles. The maximum absolute atomic E-state index is 10.9. The molecule has 0 saturated heterocycles. The summed E-state index contributed by atoms with van der Waals surface area (Å²) in [5.41, 5.74) is 3.87. The Balaban J connectivity index is 2.12. The molecule has 34 heavy (non-hydrogen) atoms. The van der Waals surface area contributed by atoms with Crippen LogP contribution in [0.15, 0.2) is 12.1 Å². The molecule has 0 saturated carbocycles. The van der Waals surface area contributed by atoms with Crippen molar-refractivity contribution in [2.24, 2.45) is 5.41 Å². The molecule has 2 atom stereocenters. The molecule has 0 amide bonds. The molecule has 196 valence electrons. The lowest BCUT2D eigenvalue weighted by Gasteiger charge is -2.42. The summed E-state index contributed by atoms with van der Waals surface area (Å²) in [6.07, 6.45) is 15.4. The summed E-state index contributed by atoms with van der Waals surface area (Å²) < 4.78 is 6.38. The van der Waals surface area contributed by atoms with Gasteiger partial charge in [0.05, 0.1) is 6.10 Å². The molecule has 0 spiro atoms. The Bertz CT molecular complexity index is 753. The second-order valence-corrected chi connectivity index (χ2v) is 13.5. The van der Waals surface area contributed by atoms with Crippen LogP contribution in [0.4, 0.5) is 0 Å². The number of aliphatic hydroxyl groups excluding tert-OH is 1. The number of rotatable bonds is 13. The minimum absolute atomic E-state index is 0.0773. The Labute approximate surface area is 212 Å². The van der Waals surface area contributed by atoms with Crippen molar-refractivity contribution in [3.63, 3.8) is 0 Å². The fraction of sp³-hybridized carbons (Fsp3) is 0.812. The molecule has 1 aromatic carbocycles. The molecule has 0 aliphatic carbocycles. The lowest BCUT2D eigenvalue weighted by molar-refractivity contribution is -0.0551. The SMILES string of the molecule is CCCCCCCCCCCCc1cc2c(cc1C(C)(C)CC(C)(C)C)OC(C)(C)C(O)C2C. The highest BCUT2D eigenvalue weighted by Gasteiger charge is 2.42. The zero-order valence-electron chi connectivity index (χ0n) is 24.2. The van der Waals surface area contributed by atoms with Crippen LogP contribution < -0.4 is 4.74 Å². The lowest BCUT2D eigenvalue weighted by Crippen LogP contribution is -2.48. The molecule has 2 unspecified atom stereocenters. The van der Waals surface area contributed by atoms with Crippen LogP contribution >= 0.6 is 0 Å². The van der Waals surface area contributed by atoms with Crippen molar-refractivity contribution in [1.82, 2.24) is 0 Å². The molecular weight excluding hydrogens is 416 g/mol. The summed E-state index contributed by atoms with van der Waals surface area (Å²) in [7, 11) is 0. The average molecular weight is 473 g/mol. The van der Waals surface area contributed by atoms with Gasteiger partial charge in [0.15, 0.2) is 0 Å². The van der Waals surface area contributed by atoms with E-state index in [0.29, 0.717) is 0 Å². The van der Waals surface area contributed by atoms with E-state index in [0.717, 1.165) is 18.6 Å². The Kier molecular flexibility index (Phi) is 10.6. The lowest BCUT2D eigenvalue weighted by atomic mass is 9.69. The zero-order chi connectivity index (χ0) is 25.6. The van der Waals surface area contributed by atoms with Gasteiger partial charge in [-0.2, -0.15) is 0 Å². The Morgan fingerprint density at radius 1 is 0.853 bits per heavy atom. The fourth-order valence-corrected chi connectivity index (χ4v) is 6.26. The van der Waals surface area contributed by atoms with E-state index in [1.807, 2.05) is 13.8 Å². The van der Waals surface area contributed by atoms with Crippen molar-refractivity contribution < 1.29 is 9.84 Å². The molecule has 2 heteroatoms. The summed E-state index contributed by atoms with van der Waals surface area (Å²) in [5, 5.41) is 10.9. The van der Waals surface area contributed by atoms with E-state index in [2.05, 4.69) is 60.6 Å². The summed E-state index contributed by atoms with van der Waals surface area (Å²) in [4.78, 5) is 0. The van der Waals surface area contributed by atoms with Gasteiger partial charge in [0.2, 0.25) is 0 Å². The van der Waals surface area contributed by atoms with Crippen molar-refractivity contribution in [2.75, 3.05) is 0 Å². The van der Waals surface area contributed by atoms with E-state index in [1.165, 1.54) is 80.9 Å². The Morgan fingerprint density at radius 3 is 1.91 bits per heavy atom. The highest BCUT2D eigenvalue weighted by molar-refractivity contribution is 5.49. The maximum atomic E-state index is 10.9. The number of hydrogen-bond acceptors (Lipinski definition) is 2. The zero-order valence-corrected chi connectivity index (χ0v) is 24.2. The number of aryl methyl sites for hydroxylation is 1. The third-order valence-electron chi connectivity index (χ3n) is 7.79. The van der Waals surface area contributed by atoms with Gasteiger partial charge in [-0.25, -0.2) is 0 Å². The van der Waals surface area contributed by atoms with E-state index in [9.17, 15) is 5.11 Å². The van der Waals surface area contributed by atoms with Gasteiger partial charge < -0.3 is 9.84 Å². The minimum Gasteiger partial charge on any atom is -0.485 e. The Hall–Kier alpha value is -1.02. The molecule has 0 radical (unpaired) electrons. The normalized spacial score (nSPS) is 20.2. The van der Waals surface area contributed by atoms with Crippen LogP contribution in [0.2, 0.25) is 0 Å². The van der Waals surface area contributed by atoms with E-state index in [4.69, 9.17) is 4.74 Å². The molecule has 0 bridgehead atoms. The second-order valence-electron chi connectivity index (χ2n) is 13.5. The van der Waals surface area contributed by atoms with Gasteiger partial charge in [-0.3, -0.25) is 0 Å². The molecule has 1 heterocycles. The van der Waals surface area contributed by atoms with Gasteiger partial charge in [-0.1, -0.05) is 112 Å². The van der Waals surface area contributed by atoms with E-state index in [1.54, 1.807) is 0 Å². The van der Waals surface area contributed by atoms with Crippen LogP contribution in [0.25, 0.3) is 0 Å². The number of aliphatic hydroxyl groups is 1. The molecule has 2 nitrogen and oxygen atoms in total. The van der Waals surface area contributed by atoms with Gasteiger partial charge >= 0.3 is 0 Å². The van der Waals surface area contributed by atoms with Gasteiger partial charge in [-0.15, -0.1) is 0 Å². The van der Waals surface area contributed by atoms with E-state index in [-0.39, 0.29) is 16.7 Å². The first-order valence-electron chi connectivity index (χ1n) is 14.3. The highest BCUT2D eigenvalue weighted by Crippen LogP contribution is 2.46. The average Bonchev–Trinajstić information content (AvgIpc) is 2.71. The van der Waals surface area contributed by atoms with Gasteiger partial charge in [0, 0.05) is 5.92 Å². The van der Waals surface area contributed by atoms with E-state index >= 15 is 0 Å². The standard InChI is InChI=1S/C32H56O2/c1-10-11-12-13-14-15-16-17-18-19-20-25-21-26-24(2)29(33)32(8,9)34-28(26)22-27(25)31(6,7)23-30(3,4)5/h21-22,24,29,33H,10-20,23H2,1-9H3. The minimum atomic E-state index is -0.560. The molecule has 0 aromatic heterocycles. The van der Waals surface area contributed by atoms with Crippen molar-refractivity contribution in [3.8, 4) is 5.75 Å². The van der Waals surface area contributed by atoms with Crippen molar-refractivity contribution in [2.45, 2.75) is 162 Å². The monoisotopic (exact) mass is 472 g/mol. The smallest absolute Gasteiger partial charge is 0.130 e. The third-order valence-corrected chi connectivity index (χ3v) is 7.79. The summed E-state index contributed by atoms with van der Waals surface area (Å²) >= 11 is 0. The molecule has 0 fully saturated rings. The summed E-state index contributed by atoms with van der Waals surface area (Å²) in [6.45, 7) is 20.3. The van der Waals surface area contributed by atoms with Gasteiger partial charge in [0.1, 0.15) is 11.4 Å². The number of hydrogen-bond donors (Lipinski definition) is 1. The van der Waals surface area contributed by atoms with E-state index < -0.39 is 11.7 Å². The highest BCUT2D eigenvalue weighted by atomic mass is 16.5. The molecule has 2 rings (SSSR count). The van der Waals surface area contributed by atoms with Crippen LogP contribution in [-0.4, -0.2) is 16.8 Å². The molecule has 1 aliphatic rings. The maximum Gasteiger partial charge on any atom is 0.130 e. The molecule has 1 aromatic rings. The predicted octanol–water partition coefficient (Wildman–Crippen LogP) is 9.50. The van der Waals surface area contributed by atoms with Gasteiger partial charge in [-0.05, 0) is 66.7 Å². The van der Waals surface area contributed by atoms with Crippen molar-refractivity contribution >= 4 is 0 Å². The van der Waals surface area contributed by atoms with Crippen LogP contribution in [0.5, 0.6) is 5.75 Å². The summed E-state index contributed by atoms with van der Waals surface area (Å²) in [6, 6.07) is 4.71. The summed E-state index contributed by atoms with van der Waals surface area (Å²) in [5.74, 6) is 1.07. The van der Waals surface area contributed by atoms with Crippen LogP contribution in [-0.2, 0) is 11.8 Å². The number of unbranched alkanes of at least 4 members (excludes halogenated alkanes) is 9. The molecule has 1 N–H and O–H groups in total. The largest absolute Gasteiger partial charge is 0.485 e. The first-order chi connectivity index (χ1) is 15.8. The third kappa shape index (κ3) is 8.28. The fourth-order valence-electron chi connectivity index (χ4n) is 6.26. The van der Waals surface area contributed by atoms with Crippen molar-refractivity contribution in [1.29, 1.82) is 0 Å². The van der Waals surface area contributed by atoms with Crippen molar-refractivity contribution in [3.05, 3.63) is 28.8 Å². The number of benzene rings is 1. The predicted molar refractivity (Wildman–Crippen MR) is 148 cm³/mol. The Morgan fingerprint density at radius 2 is 1.38 bits per heavy atom. The van der Waals surface area contributed by atoms with Crippen LogP contribution in [0.3, 0.4) is 0 Å². The first-order valence-corrected chi connectivity index (χ1v) is 14.3. The molecular formula is C32H56O2. The second kappa shape index (κ2) is 12.3. The number of fused-ring (bicyclic) bond motifs is 1. The quantitative estimate of drug-likeness (QED) is 0.290.